The van der Waals surface area contributed by atoms with E-state index in [0.717, 1.165) is 4.90 Å². The highest BCUT2D eigenvalue weighted by Crippen LogP contribution is 2.27. The minimum Gasteiger partial charge on any atom is -0.478 e. The van der Waals surface area contributed by atoms with Crippen LogP contribution in [-0.2, 0) is 15.0 Å². The number of carbonyl (C=O) groups excluding carboxylic acids is 1. The number of amides is 1. The van der Waals surface area contributed by atoms with Crippen LogP contribution in [0.3, 0.4) is 0 Å². The molecule has 2 heterocycles. The summed E-state index contributed by atoms with van der Waals surface area (Å²) in [6, 6.07) is 1.21. The van der Waals surface area contributed by atoms with Gasteiger partial charge in [0.1, 0.15) is 5.82 Å². The van der Waals surface area contributed by atoms with Crippen LogP contribution < -0.4 is 4.90 Å². The molecule has 114 valence electrons. The number of nitrogens with zero attached hydrogens (tertiary/aromatic N) is 2. The van der Waals surface area contributed by atoms with Gasteiger partial charge in [0.2, 0.25) is 5.91 Å². The molecule has 0 aliphatic carbocycles. The van der Waals surface area contributed by atoms with Gasteiger partial charge in [0.25, 0.3) is 0 Å². The van der Waals surface area contributed by atoms with Gasteiger partial charge in [0, 0.05) is 25.1 Å². The van der Waals surface area contributed by atoms with E-state index in [1.807, 2.05) is 0 Å². The summed E-state index contributed by atoms with van der Waals surface area (Å²) in [5, 5.41) is 9.01. The molecular formula is C11H10BrFN2O5S. The Bertz CT molecular complexity index is 709. The largest absolute Gasteiger partial charge is 0.478 e. The minimum atomic E-state index is -4.67. The van der Waals surface area contributed by atoms with Gasteiger partial charge < -0.3 is 5.11 Å². The maximum Gasteiger partial charge on any atom is 0.337 e. The van der Waals surface area contributed by atoms with Gasteiger partial charge in [0.15, 0.2) is 0 Å². The molecule has 0 bridgehead atoms. The van der Waals surface area contributed by atoms with Crippen molar-refractivity contribution >= 4 is 43.8 Å². The molecule has 1 amide bonds. The summed E-state index contributed by atoms with van der Waals surface area (Å²) < 4.78 is 34.2. The van der Waals surface area contributed by atoms with Crippen molar-refractivity contribution in [3.8, 4) is 0 Å². The van der Waals surface area contributed by atoms with Crippen LogP contribution in [0.1, 0.15) is 16.8 Å². The summed E-state index contributed by atoms with van der Waals surface area (Å²) in [6.07, 6.45) is 1.12. The maximum atomic E-state index is 12.7. The first kappa shape index (κ1) is 15.8. The zero-order chi connectivity index (χ0) is 15.8. The monoisotopic (exact) mass is 380 g/mol. The fourth-order valence-electron chi connectivity index (χ4n) is 2.14. The lowest BCUT2D eigenvalue weighted by molar-refractivity contribution is -0.117. The molecule has 1 aliphatic rings. The molecule has 10 heteroatoms. The Morgan fingerprint density at radius 1 is 1.57 bits per heavy atom. The average molecular weight is 381 g/mol. The molecule has 1 N–H and O–H groups in total. The van der Waals surface area contributed by atoms with Gasteiger partial charge in [0.05, 0.1) is 15.8 Å². The van der Waals surface area contributed by atoms with Gasteiger partial charge in [-0.3, -0.25) is 9.69 Å². The molecule has 0 aromatic carbocycles. The minimum absolute atomic E-state index is 0.0182. The maximum absolute atomic E-state index is 12.7. The van der Waals surface area contributed by atoms with Gasteiger partial charge in [-0.05, 0) is 22.0 Å². The molecule has 0 spiro atoms. The molecule has 21 heavy (non-hydrogen) atoms. The highest BCUT2D eigenvalue weighted by atomic mass is 79.9. The quantitative estimate of drug-likeness (QED) is 0.786. The first-order chi connectivity index (χ1) is 9.67. The number of hydrogen-bond donors (Lipinski definition) is 1. The number of rotatable bonds is 4. The van der Waals surface area contributed by atoms with Crippen molar-refractivity contribution in [2.45, 2.75) is 6.42 Å². The zero-order valence-electron chi connectivity index (χ0n) is 10.5. The number of anilines is 1. The van der Waals surface area contributed by atoms with Gasteiger partial charge >= 0.3 is 16.2 Å². The normalized spacial score (nSPS) is 19.0. The predicted octanol–water partition coefficient (Wildman–Crippen LogP) is 1.19. The summed E-state index contributed by atoms with van der Waals surface area (Å²) in [7, 11) is -4.67. The van der Waals surface area contributed by atoms with Gasteiger partial charge in [-0.1, -0.05) is 0 Å². The summed E-state index contributed by atoms with van der Waals surface area (Å²) in [4.78, 5) is 28.0. The topological polar surface area (TPSA) is 105 Å². The van der Waals surface area contributed by atoms with Crippen LogP contribution in [-0.4, -0.2) is 42.7 Å². The summed E-state index contributed by atoms with van der Waals surface area (Å²) >= 11 is 3.03. The van der Waals surface area contributed by atoms with E-state index in [-0.39, 0.29) is 28.8 Å². The fraction of sp³-hybridized carbons (Fsp3) is 0.364. The number of halogens is 2. The van der Waals surface area contributed by atoms with E-state index in [1.54, 1.807) is 0 Å². The van der Waals surface area contributed by atoms with Crippen molar-refractivity contribution in [3.05, 3.63) is 22.3 Å². The molecule has 1 aromatic rings. The molecule has 1 atom stereocenters. The smallest absolute Gasteiger partial charge is 0.337 e. The lowest BCUT2D eigenvalue weighted by Gasteiger charge is -2.16. The molecule has 0 radical (unpaired) electrons. The van der Waals surface area contributed by atoms with Crippen molar-refractivity contribution in [2.75, 3.05) is 17.2 Å². The second-order valence-electron chi connectivity index (χ2n) is 4.61. The molecule has 1 aliphatic heterocycles. The molecule has 1 saturated heterocycles. The second kappa shape index (κ2) is 5.68. The number of hydrogen-bond acceptors (Lipinski definition) is 5. The Hall–Kier alpha value is -1.55. The Balaban J connectivity index is 2.25. The second-order valence-corrected chi connectivity index (χ2v) is 6.87. The Kier molecular flexibility index (Phi) is 4.28. The van der Waals surface area contributed by atoms with Gasteiger partial charge in [-0.25, -0.2) is 9.78 Å². The highest BCUT2D eigenvalue weighted by Gasteiger charge is 2.34. The van der Waals surface area contributed by atoms with E-state index >= 15 is 0 Å². The third-order valence-corrected chi connectivity index (χ3v) is 4.49. The predicted molar refractivity (Wildman–Crippen MR) is 74.3 cm³/mol. The Labute approximate surface area is 128 Å². The molecular weight excluding hydrogens is 371 g/mol. The molecule has 7 nitrogen and oxygen atoms in total. The third kappa shape index (κ3) is 3.76. The SMILES string of the molecule is O=C(O)c1cc(N2CC(CS(=O)(=O)F)CC2=O)ncc1Br. The number of aromatic nitrogens is 1. The number of carboxylic acids is 1. The summed E-state index contributed by atoms with van der Waals surface area (Å²) in [5.41, 5.74) is -0.0747. The first-order valence-corrected chi connectivity index (χ1v) is 8.13. The van der Waals surface area contributed by atoms with Crippen LogP contribution in [0.15, 0.2) is 16.7 Å². The number of aromatic carboxylic acids is 1. The van der Waals surface area contributed by atoms with Crippen molar-refractivity contribution in [1.82, 2.24) is 4.98 Å². The molecule has 0 saturated carbocycles. The van der Waals surface area contributed by atoms with Crippen LogP contribution >= 0.6 is 15.9 Å². The fourth-order valence-corrected chi connectivity index (χ4v) is 3.31. The zero-order valence-corrected chi connectivity index (χ0v) is 12.9. The van der Waals surface area contributed by atoms with Crippen LogP contribution in [0.4, 0.5) is 9.70 Å². The lowest BCUT2D eigenvalue weighted by atomic mass is 10.1. The van der Waals surface area contributed by atoms with E-state index < -0.39 is 33.8 Å². The van der Waals surface area contributed by atoms with Crippen LogP contribution in [0, 0.1) is 5.92 Å². The van der Waals surface area contributed by atoms with E-state index in [0.29, 0.717) is 0 Å². The van der Waals surface area contributed by atoms with Crippen molar-refractivity contribution in [2.24, 2.45) is 5.92 Å². The first-order valence-electron chi connectivity index (χ1n) is 5.79. The van der Waals surface area contributed by atoms with Gasteiger partial charge in [-0.15, -0.1) is 3.89 Å². The Morgan fingerprint density at radius 2 is 2.24 bits per heavy atom. The lowest BCUT2D eigenvalue weighted by Crippen LogP contribution is -2.26. The summed E-state index contributed by atoms with van der Waals surface area (Å²) in [5.74, 6) is -2.93. The van der Waals surface area contributed by atoms with E-state index in [9.17, 15) is 21.9 Å². The van der Waals surface area contributed by atoms with E-state index in [2.05, 4.69) is 20.9 Å². The average Bonchev–Trinajstić information content (AvgIpc) is 2.68. The van der Waals surface area contributed by atoms with Crippen molar-refractivity contribution < 1.29 is 27.0 Å². The van der Waals surface area contributed by atoms with Gasteiger partial charge in [-0.2, -0.15) is 8.42 Å². The molecule has 1 aromatic heterocycles. The molecule has 2 rings (SSSR count). The number of pyridine rings is 1. The third-order valence-electron chi connectivity index (χ3n) is 2.99. The molecule has 1 unspecified atom stereocenters. The van der Waals surface area contributed by atoms with Crippen molar-refractivity contribution in [1.29, 1.82) is 0 Å². The van der Waals surface area contributed by atoms with E-state index in [1.165, 1.54) is 12.3 Å². The summed E-state index contributed by atoms with van der Waals surface area (Å²) in [6.45, 7) is -0.0182. The van der Waals surface area contributed by atoms with Crippen LogP contribution in [0.25, 0.3) is 0 Å². The standard InChI is InChI=1S/C11H10BrFN2O5S/c12-8-3-14-9(2-7(8)11(17)18)15-4-6(1-10(15)16)5-21(13,19)20/h2-3,6H,1,4-5H2,(H,17,18). The molecule has 1 fully saturated rings. The number of carbonyl (C=O) groups is 2. The van der Waals surface area contributed by atoms with Crippen LogP contribution in [0.5, 0.6) is 0 Å². The van der Waals surface area contributed by atoms with Crippen molar-refractivity contribution in [3.63, 3.8) is 0 Å². The van der Waals surface area contributed by atoms with Crippen LogP contribution in [0.2, 0.25) is 0 Å². The highest BCUT2D eigenvalue weighted by molar-refractivity contribution is 9.10. The Morgan fingerprint density at radius 3 is 2.81 bits per heavy atom. The number of carboxylic acid groups (broad SMARTS) is 1. The van der Waals surface area contributed by atoms with E-state index in [4.69, 9.17) is 5.11 Å².